The van der Waals surface area contributed by atoms with Crippen LogP contribution in [0.25, 0.3) is 0 Å². The van der Waals surface area contributed by atoms with Crippen molar-refractivity contribution in [1.82, 2.24) is 0 Å². The van der Waals surface area contributed by atoms with Gasteiger partial charge in [0.2, 0.25) is 0 Å². The molecule has 1 rings (SSSR count). The first-order valence-electron chi connectivity index (χ1n) is 2.95. The third-order valence-corrected chi connectivity index (χ3v) is 1.72. The first-order chi connectivity index (χ1) is 5.24. The summed E-state index contributed by atoms with van der Waals surface area (Å²) in [7, 11) is 0. The minimum absolute atomic E-state index is 0. The Morgan fingerprint density at radius 2 is 1.83 bits per heavy atom. The molecular weight excluding hydrogens is 197 g/mol. The van der Waals surface area contributed by atoms with Crippen LogP contribution in [-0.2, 0) is 12.6 Å². The van der Waals surface area contributed by atoms with Crippen LogP contribution in [0.15, 0.2) is 24.3 Å². The first-order valence-corrected chi connectivity index (χ1v) is 3.77. The van der Waals surface area contributed by atoms with Crippen molar-refractivity contribution in [2.45, 2.75) is 0 Å². The van der Waals surface area contributed by atoms with Crippen LogP contribution in [-0.4, -0.2) is 4.20 Å². The third-order valence-electron chi connectivity index (χ3n) is 1.25. The maximum Gasteiger partial charge on any atom is 1.00 e. The molecule has 0 fully saturated rings. The van der Waals surface area contributed by atoms with E-state index < -0.39 is 0 Å². The van der Waals surface area contributed by atoms with Gasteiger partial charge in [-0.3, -0.25) is 0 Å². The van der Waals surface area contributed by atoms with E-state index in [2.05, 4.69) is 0 Å². The maximum absolute atomic E-state index is 8.46. The maximum atomic E-state index is 8.46. The summed E-state index contributed by atoms with van der Waals surface area (Å²) in [5.74, 6) is 0. The van der Waals surface area contributed by atoms with Gasteiger partial charge >= 0.3 is 29.6 Å². The Morgan fingerprint density at radius 3 is 2.17 bits per heavy atom. The first kappa shape index (κ1) is 12.0. The summed E-state index contributed by atoms with van der Waals surface area (Å²) >= 11 is 9.55. The van der Waals surface area contributed by atoms with E-state index in [1.54, 1.807) is 24.3 Å². The van der Waals surface area contributed by atoms with E-state index in [1.165, 1.54) is 0 Å². The van der Waals surface area contributed by atoms with E-state index >= 15 is 0 Å². The van der Waals surface area contributed by atoms with Gasteiger partial charge in [-0.1, -0.05) is 12.1 Å². The normalized spacial score (nSPS) is 7.92. The van der Waals surface area contributed by atoms with Crippen molar-refractivity contribution in [1.29, 1.82) is 5.26 Å². The van der Waals surface area contributed by atoms with Gasteiger partial charge in [0.1, 0.15) is 0 Å². The smallest absolute Gasteiger partial charge is 0.428 e. The van der Waals surface area contributed by atoms with E-state index in [9.17, 15) is 0 Å². The van der Waals surface area contributed by atoms with Crippen molar-refractivity contribution in [2.75, 3.05) is 0 Å². The summed E-state index contributed by atoms with van der Waals surface area (Å²) in [6.45, 7) is 0. The molecule has 0 aliphatic carbocycles. The average Bonchev–Trinajstić information content (AvgIpc) is 2.05. The van der Waals surface area contributed by atoms with Crippen LogP contribution in [0.4, 0.5) is 0 Å². The Kier molecular flexibility index (Phi) is 5.64. The third kappa shape index (κ3) is 3.18. The van der Waals surface area contributed by atoms with Crippen LogP contribution in [0.1, 0.15) is 11.1 Å². The monoisotopic (exact) mass is 201 g/mol. The largest absolute Gasteiger partial charge is 1.00 e. The topological polar surface area (TPSA) is 23.8 Å². The van der Waals surface area contributed by atoms with Gasteiger partial charge < -0.3 is 24.8 Å². The molecule has 0 atom stereocenters. The Bertz CT molecular complexity index is 313. The molecule has 0 aliphatic heterocycles. The van der Waals surface area contributed by atoms with Crippen LogP contribution in [0.3, 0.4) is 0 Å². The molecular formula is C8H4NNaS2. The summed E-state index contributed by atoms with van der Waals surface area (Å²) < 4.78 is 0.439. The molecule has 4 heteroatoms. The zero-order valence-corrected chi connectivity index (χ0v) is 10.2. The fraction of sp³-hybridized carbons (Fsp3) is 0. The predicted molar refractivity (Wildman–Crippen MR) is 50.2 cm³/mol. The van der Waals surface area contributed by atoms with Gasteiger partial charge in [-0.25, -0.2) is 0 Å². The number of thiocarbonyl (C=S) groups is 1. The second kappa shape index (κ2) is 5.63. The molecule has 0 amide bonds. The summed E-state index contributed by atoms with van der Waals surface area (Å²) in [5.41, 5.74) is 1.45. The molecule has 0 aliphatic rings. The van der Waals surface area contributed by atoms with Gasteiger partial charge in [0, 0.05) is 0 Å². The zero-order chi connectivity index (χ0) is 8.27. The second-order valence-corrected chi connectivity index (χ2v) is 3.05. The molecule has 0 spiro atoms. The van der Waals surface area contributed by atoms with Gasteiger partial charge in [0.25, 0.3) is 0 Å². The molecule has 0 N–H and O–H groups in total. The van der Waals surface area contributed by atoms with E-state index in [4.69, 9.17) is 30.1 Å². The van der Waals surface area contributed by atoms with Crippen LogP contribution >= 0.6 is 12.2 Å². The number of nitrogens with zero attached hydrogens (tertiary/aromatic N) is 1. The fourth-order valence-corrected chi connectivity index (χ4v) is 0.953. The van der Waals surface area contributed by atoms with Crippen molar-refractivity contribution in [3.63, 3.8) is 0 Å². The summed E-state index contributed by atoms with van der Waals surface area (Å²) in [6, 6.07) is 8.94. The van der Waals surface area contributed by atoms with Gasteiger partial charge in [-0.15, -0.1) is 4.20 Å². The van der Waals surface area contributed by atoms with Gasteiger partial charge in [0.15, 0.2) is 0 Å². The van der Waals surface area contributed by atoms with Crippen molar-refractivity contribution in [3.05, 3.63) is 35.4 Å². The Balaban J connectivity index is 0.00000121. The van der Waals surface area contributed by atoms with Crippen molar-refractivity contribution < 1.29 is 29.6 Å². The molecule has 0 bridgehead atoms. The SMILES string of the molecule is N#Cc1ccc(C(=S)[S-])cc1.[Na+]. The van der Waals surface area contributed by atoms with E-state index in [0.29, 0.717) is 9.76 Å². The molecule has 0 saturated heterocycles. The minimum Gasteiger partial charge on any atom is -0.428 e. The fourth-order valence-electron chi connectivity index (χ4n) is 0.681. The Morgan fingerprint density at radius 1 is 1.33 bits per heavy atom. The number of hydrogen-bond donors (Lipinski definition) is 0. The van der Waals surface area contributed by atoms with Gasteiger partial charge in [-0.2, -0.15) is 5.26 Å². The summed E-state index contributed by atoms with van der Waals surface area (Å²) in [6.07, 6.45) is 0. The standard InChI is InChI=1S/C8H5NS2.Na/c9-5-6-1-3-7(4-2-6)8(10)11;/h1-4H,(H,10,11);/q;+1/p-1. The second-order valence-electron chi connectivity index (χ2n) is 1.98. The molecule has 0 heterocycles. The van der Waals surface area contributed by atoms with Crippen LogP contribution in [0.2, 0.25) is 0 Å². The molecule has 1 aromatic carbocycles. The summed E-state index contributed by atoms with van der Waals surface area (Å²) in [5, 5.41) is 8.46. The molecule has 12 heavy (non-hydrogen) atoms. The van der Waals surface area contributed by atoms with Crippen LogP contribution in [0, 0.1) is 11.3 Å². The average molecular weight is 201 g/mol. The van der Waals surface area contributed by atoms with Gasteiger partial charge in [0.05, 0.1) is 11.6 Å². The van der Waals surface area contributed by atoms with Gasteiger partial charge in [-0.05, 0) is 17.7 Å². The quantitative estimate of drug-likeness (QED) is 0.323. The predicted octanol–water partition coefficient (Wildman–Crippen LogP) is -1.22. The molecule has 0 saturated carbocycles. The van der Waals surface area contributed by atoms with Crippen molar-refractivity contribution >= 4 is 29.0 Å². The Labute approximate surface area is 104 Å². The molecule has 0 aromatic heterocycles. The van der Waals surface area contributed by atoms with E-state index in [0.717, 1.165) is 5.56 Å². The minimum atomic E-state index is 0. The van der Waals surface area contributed by atoms with Crippen LogP contribution in [0.5, 0.6) is 0 Å². The van der Waals surface area contributed by atoms with E-state index in [1.807, 2.05) is 6.07 Å². The number of benzene rings is 1. The van der Waals surface area contributed by atoms with Crippen molar-refractivity contribution in [2.24, 2.45) is 0 Å². The molecule has 1 nitrogen and oxygen atoms in total. The molecule has 54 valence electrons. The van der Waals surface area contributed by atoms with Crippen molar-refractivity contribution in [3.8, 4) is 6.07 Å². The molecule has 1 aromatic rings. The number of rotatable bonds is 1. The Hall–Kier alpha value is 0.0200. The number of nitriles is 1. The molecule has 0 unspecified atom stereocenters. The van der Waals surface area contributed by atoms with Crippen LogP contribution < -0.4 is 29.6 Å². The number of hydrogen-bond acceptors (Lipinski definition) is 3. The van der Waals surface area contributed by atoms with E-state index in [-0.39, 0.29) is 29.6 Å². The molecule has 0 radical (unpaired) electrons. The summed E-state index contributed by atoms with van der Waals surface area (Å²) in [4.78, 5) is 0. The zero-order valence-electron chi connectivity index (χ0n) is 6.57.